The van der Waals surface area contributed by atoms with E-state index in [0.29, 0.717) is 31.4 Å². The standard InChI is InChI=1S/C28H48N10O6/c1-16(2)23(30)27(44)38-20(7-5-13-34-28(32)33)26(43)37-19(6-3-4-12-29)25(42)35-15-22(40)36-21(24(31)41)14-17-8-10-18(39)11-9-17/h8-11,16,19-21,23,39H,3-7,12-15,29-30H2,1-2H3,(H2,31,41)(H,35,42)(H,36,40)(H,37,43)(H,38,44)(H4,32,33,34)/t19-,20-,21-,23-/m0/s1. The predicted octanol–water partition coefficient (Wildman–Crippen LogP) is -2.84. The van der Waals surface area contributed by atoms with Gasteiger partial charge in [-0.15, -0.1) is 0 Å². The number of nitrogens with zero attached hydrogens (tertiary/aromatic N) is 1. The fourth-order valence-corrected chi connectivity index (χ4v) is 4.00. The lowest BCUT2D eigenvalue weighted by Crippen LogP contribution is -2.57. The molecule has 1 aromatic rings. The fraction of sp³-hybridized carbons (Fsp3) is 0.571. The number of nitrogens with one attached hydrogen (secondary N) is 4. The van der Waals surface area contributed by atoms with E-state index in [1.807, 2.05) is 0 Å². The van der Waals surface area contributed by atoms with Crippen LogP contribution in [0.1, 0.15) is 51.5 Å². The van der Waals surface area contributed by atoms with Crippen molar-refractivity contribution in [2.24, 2.45) is 39.6 Å². The van der Waals surface area contributed by atoms with Crippen molar-refractivity contribution >= 4 is 35.5 Å². The van der Waals surface area contributed by atoms with Gasteiger partial charge in [-0.05, 0) is 62.3 Å². The van der Waals surface area contributed by atoms with Gasteiger partial charge in [0.15, 0.2) is 5.96 Å². The second-order valence-corrected chi connectivity index (χ2v) is 10.7. The van der Waals surface area contributed by atoms with Gasteiger partial charge in [-0.2, -0.15) is 0 Å². The number of hydrogen-bond donors (Lipinski definition) is 10. The lowest BCUT2D eigenvalue weighted by atomic mass is 10.0. The average Bonchev–Trinajstić information content (AvgIpc) is 2.96. The first kappa shape index (κ1) is 37.6. The monoisotopic (exact) mass is 620 g/mol. The Morgan fingerprint density at radius 1 is 0.818 bits per heavy atom. The molecular weight excluding hydrogens is 572 g/mol. The summed E-state index contributed by atoms with van der Waals surface area (Å²) in [5.74, 6) is -3.52. The summed E-state index contributed by atoms with van der Waals surface area (Å²) in [4.78, 5) is 67.4. The Hall–Kier alpha value is -4.44. The summed E-state index contributed by atoms with van der Waals surface area (Å²) in [6.45, 7) is 3.63. The molecule has 5 amide bonds. The molecule has 16 nitrogen and oxygen atoms in total. The Balaban J connectivity index is 2.92. The van der Waals surface area contributed by atoms with Gasteiger partial charge in [-0.25, -0.2) is 0 Å². The number of phenolic OH excluding ortho intramolecular Hbond substituents is 1. The zero-order valence-corrected chi connectivity index (χ0v) is 25.4. The van der Waals surface area contributed by atoms with Crippen LogP contribution in [-0.4, -0.2) is 84.4 Å². The molecule has 0 fully saturated rings. The normalized spacial score (nSPS) is 13.6. The van der Waals surface area contributed by atoms with E-state index in [-0.39, 0.29) is 43.4 Å². The van der Waals surface area contributed by atoms with Gasteiger partial charge in [0, 0.05) is 13.0 Å². The number of aromatic hydroxyl groups is 1. The number of unbranched alkanes of at least 4 members (excludes halogenated alkanes) is 1. The summed E-state index contributed by atoms with van der Waals surface area (Å²) in [6, 6.07) is 2.03. The highest BCUT2D eigenvalue weighted by Crippen LogP contribution is 2.11. The molecule has 0 aromatic heterocycles. The predicted molar refractivity (Wildman–Crippen MR) is 165 cm³/mol. The molecule has 0 bridgehead atoms. The number of amides is 5. The Morgan fingerprint density at radius 2 is 1.41 bits per heavy atom. The quantitative estimate of drug-likeness (QED) is 0.0404. The zero-order valence-electron chi connectivity index (χ0n) is 25.4. The Bertz CT molecular complexity index is 1120. The molecular formula is C28H48N10O6. The maximum absolute atomic E-state index is 13.3. The van der Waals surface area contributed by atoms with Gasteiger partial charge in [0.05, 0.1) is 12.6 Å². The van der Waals surface area contributed by atoms with E-state index < -0.39 is 60.2 Å². The van der Waals surface area contributed by atoms with Crippen LogP contribution in [0.5, 0.6) is 5.75 Å². The number of hydrogen-bond acceptors (Lipinski definition) is 9. The number of phenols is 1. The number of rotatable bonds is 20. The first-order valence-corrected chi connectivity index (χ1v) is 14.5. The Labute approximate surface area is 257 Å². The van der Waals surface area contributed by atoms with Crippen LogP contribution in [0.2, 0.25) is 0 Å². The summed E-state index contributed by atoms with van der Waals surface area (Å²) in [5, 5.41) is 19.7. The third-order valence-electron chi connectivity index (χ3n) is 6.66. The number of aliphatic imine (C=N–C) groups is 1. The molecule has 0 saturated carbocycles. The van der Waals surface area contributed by atoms with E-state index >= 15 is 0 Å². The summed E-state index contributed by atoms with van der Waals surface area (Å²) >= 11 is 0. The first-order chi connectivity index (χ1) is 20.7. The molecule has 0 aliphatic rings. The van der Waals surface area contributed by atoms with E-state index in [1.165, 1.54) is 12.1 Å². The molecule has 15 N–H and O–H groups in total. The lowest BCUT2D eigenvalue weighted by molar-refractivity contribution is -0.133. The van der Waals surface area contributed by atoms with Crippen LogP contribution >= 0.6 is 0 Å². The van der Waals surface area contributed by atoms with E-state index in [4.69, 9.17) is 28.7 Å². The summed E-state index contributed by atoms with van der Waals surface area (Å²) in [6.07, 6.45) is 1.87. The minimum absolute atomic E-state index is 0.0445. The third kappa shape index (κ3) is 14.6. The molecule has 0 unspecified atom stereocenters. The van der Waals surface area contributed by atoms with Crippen molar-refractivity contribution in [2.45, 2.75) is 76.5 Å². The molecule has 0 aliphatic carbocycles. The van der Waals surface area contributed by atoms with Crippen molar-refractivity contribution < 1.29 is 29.1 Å². The summed E-state index contributed by atoms with van der Waals surface area (Å²) in [5.41, 5.74) is 28.3. The minimum Gasteiger partial charge on any atom is -0.508 e. The number of carbonyl (C=O) groups is 5. The van der Waals surface area contributed by atoms with Gasteiger partial charge in [0.25, 0.3) is 0 Å². The molecule has 0 spiro atoms. The second kappa shape index (κ2) is 19.7. The van der Waals surface area contributed by atoms with Gasteiger partial charge in [-0.1, -0.05) is 26.0 Å². The van der Waals surface area contributed by atoms with Gasteiger partial charge in [0.1, 0.15) is 23.9 Å². The molecule has 0 heterocycles. The lowest BCUT2D eigenvalue weighted by Gasteiger charge is -2.25. The van der Waals surface area contributed by atoms with Crippen LogP contribution in [0.25, 0.3) is 0 Å². The van der Waals surface area contributed by atoms with Crippen LogP contribution in [0, 0.1) is 5.92 Å². The summed E-state index contributed by atoms with van der Waals surface area (Å²) < 4.78 is 0. The van der Waals surface area contributed by atoms with Gasteiger partial charge >= 0.3 is 0 Å². The van der Waals surface area contributed by atoms with Crippen LogP contribution in [0.15, 0.2) is 29.3 Å². The largest absolute Gasteiger partial charge is 0.508 e. The first-order valence-electron chi connectivity index (χ1n) is 14.5. The molecule has 4 atom stereocenters. The maximum atomic E-state index is 13.3. The maximum Gasteiger partial charge on any atom is 0.243 e. The third-order valence-corrected chi connectivity index (χ3v) is 6.66. The molecule has 16 heteroatoms. The van der Waals surface area contributed by atoms with Gasteiger partial charge in [-0.3, -0.25) is 29.0 Å². The minimum atomic E-state index is -1.07. The average molecular weight is 621 g/mol. The van der Waals surface area contributed by atoms with Crippen LogP contribution in [0.3, 0.4) is 0 Å². The summed E-state index contributed by atoms with van der Waals surface area (Å²) in [7, 11) is 0. The smallest absolute Gasteiger partial charge is 0.243 e. The fourth-order valence-electron chi connectivity index (χ4n) is 4.00. The van der Waals surface area contributed by atoms with Gasteiger partial charge < -0.3 is 55.0 Å². The molecule has 44 heavy (non-hydrogen) atoms. The highest BCUT2D eigenvalue weighted by molar-refractivity contribution is 5.94. The highest BCUT2D eigenvalue weighted by atomic mass is 16.3. The second-order valence-electron chi connectivity index (χ2n) is 10.7. The van der Waals surface area contributed by atoms with E-state index in [2.05, 4.69) is 26.3 Å². The van der Waals surface area contributed by atoms with E-state index in [0.717, 1.165) is 0 Å². The molecule has 246 valence electrons. The highest BCUT2D eigenvalue weighted by Gasteiger charge is 2.29. The van der Waals surface area contributed by atoms with Crippen molar-refractivity contribution in [1.82, 2.24) is 21.3 Å². The van der Waals surface area contributed by atoms with Crippen LogP contribution in [0.4, 0.5) is 0 Å². The van der Waals surface area contributed by atoms with Crippen LogP contribution in [-0.2, 0) is 30.4 Å². The van der Waals surface area contributed by atoms with Crippen molar-refractivity contribution in [3.05, 3.63) is 29.8 Å². The van der Waals surface area contributed by atoms with Crippen LogP contribution < -0.4 is 49.9 Å². The van der Waals surface area contributed by atoms with Crippen molar-refractivity contribution in [3.8, 4) is 5.75 Å². The van der Waals surface area contributed by atoms with Crippen molar-refractivity contribution in [3.63, 3.8) is 0 Å². The number of carbonyl (C=O) groups excluding carboxylic acids is 5. The zero-order chi connectivity index (χ0) is 33.2. The Morgan fingerprint density at radius 3 is 1.98 bits per heavy atom. The molecule has 0 saturated heterocycles. The van der Waals surface area contributed by atoms with E-state index in [1.54, 1.807) is 26.0 Å². The molecule has 1 rings (SSSR count). The van der Waals surface area contributed by atoms with Gasteiger partial charge in [0.2, 0.25) is 29.5 Å². The van der Waals surface area contributed by atoms with E-state index in [9.17, 15) is 29.1 Å². The molecule has 1 aromatic carbocycles. The number of benzene rings is 1. The Kier molecular flexibility index (Phi) is 16.8. The topological polar surface area (TPSA) is 296 Å². The molecule has 0 aliphatic heterocycles. The number of guanidine groups is 1. The SMILES string of the molecule is CC(C)[C@H](N)C(=O)N[C@@H](CCCN=C(N)N)C(=O)N[C@@H](CCCCN)C(=O)NCC(=O)N[C@@H](Cc1ccc(O)cc1)C(N)=O. The van der Waals surface area contributed by atoms with Crippen molar-refractivity contribution in [1.29, 1.82) is 0 Å². The van der Waals surface area contributed by atoms with Crippen molar-refractivity contribution in [2.75, 3.05) is 19.6 Å². The number of primary amides is 1. The molecule has 0 radical (unpaired) electrons. The number of nitrogens with two attached hydrogens (primary N) is 5.